The van der Waals surface area contributed by atoms with Crippen molar-refractivity contribution in [3.05, 3.63) is 24.3 Å². The first kappa shape index (κ1) is 17.2. The minimum atomic E-state index is -0.592. The van der Waals surface area contributed by atoms with E-state index in [-0.39, 0.29) is 28.8 Å². The van der Waals surface area contributed by atoms with Gasteiger partial charge in [-0.25, -0.2) is 0 Å². The molecule has 0 spiro atoms. The Morgan fingerprint density at radius 3 is 2.52 bits per heavy atom. The van der Waals surface area contributed by atoms with E-state index in [4.69, 9.17) is 0 Å². The molecule has 3 heteroatoms. The first-order chi connectivity index (χ1) is 10.7. The number of hydrogen-bond acceptors (Lipinski definition) is 3. The molecule has 2 fully saturated rings. The molecular weight excluding hydrogens is 288 g/mol. The molecule has 0 aromatic rings. The highest BCUT2D eigenvalue weighted by atomic mass is 16.3. The van der Waals surface area contributed by atoms with Crippen LogP contribution in [0.15, 0.2) is 24.3 Å². The van der Waals surface area contributed by atoms with E-state index < -0.39 is 12.2 Å². The molecule has 0 aromatic carbocycles. The summed E-state index contributed by atoms with van der Waals surface area (Å²) in [7, 11) is 0. The minimum Gasteiger partial charge on any atom is -0.396 e. The van der Waals surface area contributed by atoms with E-state index in [2.05, 4.69) is 27.4 Å². The Bertz CT molecular complexity index is 527. The van der Waals surface area contributed by atoms with Gasteiger partial charge in [-0.3, -0.25) is 0 Å². The summed E-state index contributed by atoms with van der Waals surface area (Å²) < 4.78 is 0. The molecular formula is C20H32O3. The monoisotopic (exact) mass is 320 g/mol. The number of aliphatic hydroxyl groups is 3. The van der Waals surface area contributed by atoms with Gasteiger partial charge in [0.15, 0.2) is 0 Å². The van der Waals surface area contributed by atoms with Crippen molar-refractivity contribution >= 4 is 0 Å². The maximum atomic E-state index is 10.9. The van der Waals surface area contributed by atoms with Crippen LogP contribution in [-0.4, -0.2) is 34.1 Å². The summed E-state index contributed by atoms with van der Waals surface area (Å²) in [6.07, 6.45) is 7.67. The van der Waals surface area contributed by atoms with Crippen molar-refractivity contribution in [2.24, 2.45) is 28.1 Å². The van der Waals surface area contributed by atoms with Gasteiger partial charge in [0.25, 0.3) is 0 Å². The zero-order chi connectivity index (χ0) is 17.0. The molecule has 0 amide bonds. The average Bonchev–Trinajstić information content (AvgIpc) is 2.51. The smallest absolute Gasteiger partial charge is 0.0841 e. The summed E-state index contributed by atoms with van der Waals surface area (Å²) in [6, 6.07) is 0. The molecule has 0 heterocycles. The lowest BCUT2D eigenvalue weighted by atomic mass is 9.44. The van der Waals surface area contributed by atoms with E-state index in [1.807, 2.05) is 12.2 Å². The van der Waals surface area contributed by atoms with Gasteiger partial charge < -0.3 is 15.3 Å². The lowest BCUT2D eigenvalue weighted by Gasteiger charge is -2.61. The van der Waals surface area contributed by atoms with Crippen LogP contribution in [0.2, 0.25) is 0 Å². The van der Waals surface area contributed by atoms with E-state index >= 15 is 0 Å². The quantitative estimate of drug-likeness (QED) is 0.685. The first-order valence-corrected chi connectivity index (χ1v) is 9.04. The van der Waals surface area contributed by atoms with Crippen LogP contribution in [-0.2, 0) is 0 Å². The summed E-state index contributed by atoms with van der Waals surface area (Å²) >= 11 is 0. The van der Waals surface area contributed by atoms with Crippen LogP contribution in [0.4, 0.5) is 0 Å². The lowest BCUT2D eigenvalue weighted by molar-refractivity contribution is -0.134. The SMILES string of the molecule is C=C[C@]1(C)CC[C@H]2C(=C[C@@H](O)C3[C@@](C)(CO)CCC[C@]32C)[C@H]1O. The maximum absolute atomic E-state index is 10.9. The normalized spacial score (nSPS) is 53.0. The van der Waals surface area contributed by atoms with Gasteiger partial charge in [-0.05, 0) is 48.0 Å². The summed E-state index contributed by atoms with van der Waals surface area (Å²) in [5.41, 5.74) is 0.411. The average molecular weight is 320 g/mol. The molecule has 0 saturated heterocycles. The Morgan fingerprint density at radius 1 is 1.22 bits per heavy atom. The third-order valence-corrected chi connectivity index (χ3v) is 7.57. The molecule has 0 aliphatic heterocycles. The standard InChI is InChI=1S/C20H32O3/c1-5-18(2)10-7-14-13(17(18)23)11-15(22)16-19(3,12-21)8-6-9-20(14,16)4/h5,11,14-17,21-23H,1,6-10,12H2,2-4H3/t14-,15+,16?,17+,18+,19+,20-/m0/s1. The molecule has 3 aliphatic rings. The fourth-order valence-electron chi connectivity index (χ4n) is 6.11. The molecule has 2 saturated carbocycles. The highest BCUT2D eigenvalue weighted by Crippen LogP contribution is 2.63. The van der Waals surface area contributed by atoms with Crippen molar-refractivity contribution in [2.75, 3.05) is 6.61 Å². The Hall–Kier alpha value is -0.640. The largest absolute Gasteiger partial charge is 0.396 e. The molecule has 0 bridgehead atoms. The van der Waals surface area contributed by atoms with E-state index in [9.17, 15) is 15.3 Å². The van der Waals surface area contributed by atoms with Gasteiger partial charge in [0.1, 0.15) is 0 Å². The number of aliphatic hydroxyl groups excluding tert-OH is 3. The molecule has 0 aromatic heterocycles. The van der Waals surface area contributed by atoms with E-state index in [1.54, 1.807) is 0 Å². The van der Waals surface area contributed by atoms with Crippen molar-refractivity contribution in [2.45, 2.75) is 65.1 Å². The van der Waals surface area contributed by atoms with Crippen LogP contribution in [0.3, 0.4) is 0 Å². The summed E-state index contributed by atoms with van der Waals surface area (Å²) in [4.78, 5) is 0. The summed E-state index contributed by atoms with van der Waals surface area (Å²) in [5.74, 6) is 0.355. The van der Waals surface area contributed by atoms with Crippen LogP contribution >= 0.6 is 0 Å². The van der Waals surface area contributed by atoms with Gasteiger partial charge in [0.05, 0.1) is 12.2 Å². The molecule has 0 radical (unpaired) electrons. The molecule has 3 aliphatic carbocycles. The molecule has 3 rings (SSSR count). The highest BCUT2D eigenvalue weighted by Gasteiger charge is 2.59. The molecule has 3 N–H and O–H groups in total. The van der Waals surface area contributed by atoms with Crippen LogP contribution in [0.1, 0.15) is 52.9 Å². The summed E-state index contributed by atoms with van der Waals surface area (Å²) in [6.45, 7) is 10.5. The van der Waals surface area contributed by atoms with Gasteiger partial charge in [0, 0.05) is 17.9 Å². The zero-order valence-corrected chi connectivity index (χ0v) is 14.8. The second kappa shape index (κ2) is 5.44. The van der Waals surface area contributed by atoms with Crippen molar-refractivity contribution in [3.63, 3.8) is 0 Å². The van der Waals surface area contributed by atoms with Crippen molar-refractivity contribution in [1.29, 1.82) is 0 Å². The van der Waals surface area contributed by atoms with E-state index in [0.29, 0.717) is 5.92 Å². The highest BCUT2D eigenvalue weighted by molar-refractivity contribution is 5.31. The van der Waals surface area contributed by atoms with Gasteiger partial charge in [0.2, 0.25) is 0 Å². The zero-order valence-electron chi connectivity index (χ0n) is 14.8. The van der Waals surface area contributed by atoms with Gasteiger partial charge in [-0.2, -0.15) is 0 Å². The molecule has 23 heavy (non-hydrogen) atoms. The van der Waals surface area contributed by atoms with E-state index in [0.717, 1.165) is 37.7 Å². The minimum absolute atomic E-state index is 0.0529. The van der Waals surface area contributed by atoms with Gasteiger partial charge >= 0.3 is 0 Å². The van der Waals surface area contributed by atoms with Gasteiger partial charge in [-0.15, -0.1) is 6.58 Å². The fraction of sp³-hybridized carbons (Fsp3) is 0.800. The Kier molecular flexibility index (Phi) is 4.06. The third kappa shape index (κ3) is 2.27. The number of fused-ring (bicyclic) bond motifs is 3. The van der Waals surface area contributed by atoms with Crippen LogP contribution in [0.5, 0.6) is 0 Å². The predicted octanol–water partition coefficient (Wildman–Crippen LogP) is 3.06. The molecule has 3 nitrogen and oxygen atoms in total. The summed E-state index contributed by atoms with van der Waals surface area (Å²) in [5, 5.41) is 31.8. The number of hydrogen-bond donors (Lipinski definition) is 3. The number of rotatable bonds is 2. The predicted molar refractivity (Wildman–Crippen MR) is 91.8 cm³/mol. The van der Waals surface area contributed by atoms with E-state index in [1.165, 1.54) is 0 Å². The first-order valence-electron chi connectivity index (χ1n) is 9.04. The second-order valence-corrected chi connectivity index (χ2v) is 9.01. The van der Waals surface area contributed by atoms with Gasteiger partial charge in [-0.1, -0.05) is 39.3 Å². The third-order valence-electron chi connectivity index (χ3n) is 7.57. The Morgan fingerprint density at radius 2 is 1.91 bits per heavy atom. The Balaban J connectivity index is 2.07. The fourth-order valence-corrected chi connectivity index (χ4v) is 6.11. The van der Waals surface area contributed by atoms with Crippen LogP contribution in [0, 0.1) is 28.1 Å². The van der Waals surface area contributed by atoms with Crippen molar-refractivity contribution < 1.29 is 15.3 Å². The molecule has 1 unspecified atom stereocenters. The van der Waals surface area contributed by atoms with Crippen molar-refractivity contribution in [3.8, 4) is 0 Å². The second-order valence-electron chi connectivity index (χ2n) is 9.01. The van der Waals surface area contributed by atoms with Crippen LogP contribution in [0.25, 0.3) is 0 Å². The van der Waals surface area contributed by atoms with Crippen molar-refractivity contribution in [1.82, 2.24) is 0 Å². The maximum Gasteiger partial charge on any atom is 0.0841 e. The molecule has 7 atom stereocenters. The topological polar surface area (TPSA) is 60.7 Å². The van der Waals surface area contributed by atoms with Crippen LogP contribution < -0.4 is 0 Å². The Labute approximate surface area is 140 Å². The molecule has 130 valence electrons. The lowest BCUT2D eigenvalue weighted by Crippen LogP contribution is -2.59.